The summed E-state index contributed by atoms with van der Waals surface area (Å²) in [6.45, 7) is 0. The molecule has 0 atom stereocenters. The molecule has 6 heteroatoms. The highest BCUT2D eigenvalue weighted by Crippen LogP contribution is 2.35. The monoisotopic (exact) mass is 360 g/mol. The molecule has 0 aliphatic heterocycles. The largest absolute Gasteiger partial charge is 0.497 e. The van der Waals surface area contributed by atoms with E-state index in [1.807, 2.05) is 0 Å². The fourth-order valence-corrected chi connectivity index (χ4v) is 3.21. The highest BCUT2D eigenvalue weighted by molar-refractivity contribution is 9.10. The van der Waals surface area contributed by atoms with E-state index < -0.39 is 0 Å². The van der Waals surface area contributed by atoms with E-state index in [4.69, 9.17) is 21.1 Å². The maximum atomic E-state index is 12.5. The van der Waals surface area contributed by atoms with Gasteiger partial charge in [0.2, 0.25) is 5.78 Å². The molecule has 0 aliphatic rings. The molecule has 1 aromatic carbocycles. The second kappa shape index (κ2) is 5.94. The van der Waals surface area contributed by atoms with Gasteiger partial charge >= 0.3 is 0 Å². The van der Waals surface area contributed by atoms with Gasteiger partial charge in [-0.3, -0.25) is 4.79 Å². The van der Waals surface area contributed by atoms with Crippen LogP contribution in [0.1, 0.15) is 15.2 Å². The Hall–Kier alpha value is -1.04. The summed E-state index contributed by atoms with van der Waals surface area (Å²) in [6, 6.07) is 6.80. The number of thiophene rings is 1. The molecule has 0 N–H and O–H groups in total. The first-order chi connectivity index (χ1) is 9.06. The van der Waals surface area contributed by atoms with Crippen molar-refractivity contribution < 1.29 is 14.3 Å². The van der Waals surface area contributed by atoms with Gasteiger partial charge in [-0.15, -0.1) is 11.3 Å². The molecule has 0 unspecified atom stereocenters. The van der Waals surface area contributed by atoms with E-state index in [-0.39, 0.29) is 5.78 Å². The molecular formula is C13H10BrClO3S. The van der Waals surface area contributed by atoms with Gasteiger partial charge in [0.25, 0.3) is 0 Å². The van der Waals surface area contributed by atoms with Crippen molar-refractivity contribution in [2.45, 2.75) is 0 Å². The van der Waals surface area contributed by atoms with Crippen LogP contribution in [0.2, 0.25) is 4.34 Å². The Labute approximate surface area is 128 Å². The van der Waals surface area contributed by atoms with E-state index >= 15 is 0 Å². The Morgan fingerprint density at radius 3 is 2.53 bits per heavy atom. The molecule has 0 radical (unpaired) electrons. The zero-order valence-electron chi connectivity index (χ0n) is 10.2. The SMILES string of the molecule is COc1cc(Br)c(C(=O)c2ccc(Cl)s2)c(OC)c1. The Bertz CT molecular complexity index is 624. The van der Waals surface area contributed by atoms with Crippen molar-refractivity contribution in [2.24, 2.45) is 0 Å². The molecule has 0 fully saturated rings. The van der Waals surface area contributed by atoms with Crippen LogP contribution < -0.4 is 9.47 Å². The van der Waals surface area contributed by atoms with Crippen molar-refractivity contribution in [2.75, 3.05) is 14.2 Å². The van der Waals surface area contributed by atoms with E-state index in [1.54, 1.807) is 31.4 Å². The number of rotatable bonds is 4. The minimum atomic E-state index is -0.136. The number of halogens is 2. The molecule has 0 saturated heterocycles. The van der Waals surface area contributed by atoms with Crippen LogP contribution in [-0.4, -0.2) is 20.0 Å². The fourth-order valence-electron chi connectivity index (χ4n) is 1.62. The van der Waals surface area contributed by atoms with Crippen molar-refractivity contribution in [3.05, 3.63) is 43.5 Å². The normalized spacial score (nSPS) is 10.3. The van der Waals surface area contributed by atoms with Crippen LogP contribution in [0, 0.1) is 0 Å². The average Bonchev–Trinajstić information content (AvgIpc) is 2.83. The molecule has 1 aromatic heterocycles. The summed E-state index contributed by atoms with van der Waals surface area (Å²) in [7, 11) is 3.07. The minimum Gasteiger partial charge on any atom is -0.497 e. The Kier molecular flexibility index (Phi) is 4.50. The molecule has 3 nitrogen and oxygen atoms in total. The molecule has 0 amide bonds. The van der Waals surface area contributed by atoms with E-state index in [9.17, 15) is 4.79 Å². The van der Waals surface area contributed by atoms with Gasteiger partial charge in [-0.2, -0.15) is 0 Å². The number of ether oxygens (including phenoxy) is 2. The lowest BCUT2D eigenvalue weighted by atomic mass is 10.1. The zero-order chi connectivity index (χ0) is 14.0. The maximum absolute atomic E-state index is 12.5. The highest BCUT2D eigenvalue weighted by atomic mass is 79.9. The molecule has 0 spiro atoms. The van der Waals surface area contributed by atoms with E-state index in [0.29, 0.717) is 30.7 Å². The molecule has 19 heavy (non-hydrogen) atoms. The lowest BCUT2D eigenvalue weighted by molar-refractivity contribution is 0.103. The first-order valence-electron chi connectivity index (χ1n) is 5.28. The average molecular weight is 362 g/mol. The van der Waals surface area contributed by atoms with Crippen molar-refractivity contribution in [3.63, 3.8) is 0 Å². The summed E-state index contributed by atoms with van der Waals surface area (Å²) in [6.07, 6.45) is 0. The number of carbonyl (C=O) groups excluding carboxylic acids is 1. The van der Waals surface area contributed by atoms with Crippen molar-refractivity contribution >= 4 is 44.7 Å². The molecule has 100 valence electrons. The number of ketones is 1. The topological polar surface area (TPSA) is 35.5 Å². The van der Waals surface area contributed by atoms with E-state index in [2.05, 4.69) is 15.9 Å². The summed E-state index contributed by atoms with van der Waals surface area (Å²) in [4.78, 5) is 13.0. The second-order valence-electron chi connectivity index (χ2n) is 3.62. The number of hydrogen-bond donors (Lipinski definition) is 0. The van der Waals surface area contributed by atoms with Crippen LogP contribution in [0.3, 0.4) is 0 Å². The third-order valence-corrected chi connectivity index (χ3v) is 4.36. The fraction of sp³-hybridized carbons (Fsp3) is 0.154. The summed E-state index contributed by atoms with van der Waals surface area (Å²) >= 11 is 10.5. The molecule has 2 aromatic rings. The van der Waals surface area contributed by atoms with Gasteiger partial charge in [0.1, 0.15) is 11.5 Å². The first-order valence-corrected chi connectivity index (χ1v) is 7.27. The number of methoxy groups -OCH3 is 2. The molecule has 0 saturated carbocycles. The Morgan fingerprint density at radius 1 is 1.26 bits per heavy atom. The lowest BCUT2D eigenvalue weighted by Crippen LogP contribution is -2.04. The summed E-state index contributed by atoms with van der Waals surface area (Å²) in [5.41, 5.74) is 0.460. The third kappa shape index (κ3) is 2.94. The predicted octanol–water partition coefficient (Wildman–Crippen LogP) is 4.41. The second-order valence-corrected chi connectivity index (χ2v) is 6.19. The van der Waals surface area contributed by atoms with Gasteiger partial charge in [-0.05, 0) is 34.1 Å². The van der Waals surface area contributed by atoms with Gasteiger partial charge in [-0.1, -0.05) is 11.6 Å². The van der Waals surface area contributed by atoms with Gasteiger partial charge < -0.3 is 9.47 Å². The molecule has 0 bridgehead atoms. The quantitative estimate of drug-likeness (QED) is 0.757. The summed E-state index contributed by atoms with van der Waals surface area (Å²) in [5, 5.41) is 0. The van der Waals surface area contributed by atoms with Crippen LogP contribution in [-0.2, 0) is 0 Å². The van der Waals surface area contributed by atoms with Gasteiger partial charge in [0.05, 0.1) is 29.0 Å². The molecule has 2 rings (SSSR count). The van der Waals surface area contributed by atoms with Crippen molar-refractivity contribution in [3.8, 4) is 11.5 Å². The van der Waals surface area contributed by atoms with Crippen LogP contribution in [0.5, 0.6) is 11.5 Å². The Morgan fingerprint density at radius 2 is 2.00 bits per heavy atom. The van der Waals surface area contributed by atoms with Crippen LogP contribution >= 0.6 is 38.9 Å². The van der Waals surface area contributed by atoms with E-state index in [0.717, 1.165) is 0 Å². The first kappa shape index (κ1) is 14.4. The molecule has 1 heterocycles. The number of hydrogen-bond acceptors (Lipinski definition) is 4. The standard InChI is InChI=1S/C13H10BrClO3S/c1-17-7-5-8(14)12(9(6-7)18-2)13(16)10-3-4-11(15)19-10/h3-6H,1-2H3. The molecular weight excluding hydrogens is 352 g/mol. The third-order valence-electron chi connectivity index (χ3n) is 2.51. The maximum Gasteiger partial charge on any atom is 0.207 e. The van der Waals surface area contributed by atoms with Crippen LogP contribution in [0.25, 0.3) is 0 Å². The predicted molar refractivity (Wildman–Crippen MR) is 80.0 cm³/mol. The van der Waals surface area contributed by atoms with Gasteiger partial charge in [0.15, 0.2) is 0 Å². The number of benzene rings is 1. The molecule has 0 aliphatic carbocycles. The zero-order valence-corrected chi connectivity index (χ0v) is 13.4. The summed E-state index contributed by atoms with van der Waals surface area (Å²) < 4.78 is 11.6. The van der Waals surface area contributed by atoms with Crippen molar-refractivity contribution in [1.29, 1.82) is 0 Å². The van der Waals surface area contributed by atoms with Crippen LogP contribution in [0.15, 0.2) is 28.7 Å². The van der Waals surface area contributed by atoms with E-state index in [1.165, 1.54) is 18.4 Å². The summed E-state index contributed by atoms with van der Waals surface area (Å²) in [5.74, 6) is 0.938. The minimum absolute atomic E-state index is 0.136. The van der Waals surface area contributed by atoms with Gasteiger partial charge in [-0.25, -0.2) is 0 Å². The smallest absolute Gasteiger partial charge is 0.207 e. The number of carbonyl (C=O) groups is 1. The highest BCUT2D eigenvalue weighted by Gasteiger charge is 2.20. The lowest BCUT2D eigenvalue weighted by Gasteiger charge is -2.11. The van der Waals surface area contributed by atoms with Crippen LogP contribution in [0.4, 0.5) is 0 Å². The van der Waals surface area contributed by atoms with Crippen molar-refractivity contribution in [1.82, 2.24) is 0 Å². The Balaban J connectivity index is 2.52. The van der Waals surface area contributed by atoms with Gasteiger partial charge in [0, 0.05) is 10.5 Å².